The highest BCUT2D eigenvalue weighted by Crippen LogP contribution is 2.30. The molecule has 0 spiro atoms. The fourth-order valence-electron chi connectivity index (χ4n) is 2.71. The van der Waals surface area contributed by atoms with Crippen LogP contribution in [0, 0.1) is 0 Å². The SMILES string of the molecule is CC(C)(C)OC(=O)N1CCN(C2(CC(=O)O)COC2)CC1. The summed E-state index contributed by atoms with van der Waals surface area (Å²) in [7, 11) is 0. The molecule has 21 heavy (non-hydrogen) atoms. The quantitative estimate of drug-likeness (QED) is 0.830. The summed E-state index contributed by atoms with van der Waals surface area (Å²) < 4.78 is 10.6. The summed E-state index contributed by atoms with van der Waals surface area (Å²) in [6.45, 7) is 8.83. The van der Waals surface area contributed by atoms with Crippen LogP contribution in [-0.4, -0.2) is 77.5 Å². The number of carbonyl (C=O) groups is 2. The molecule has 2 heterocycles. The summed E-state index contributed by atoms with van der Waals surface area (Å²) in [6.07, 6.45) is -0.223. The third-order valence-electron chi connectivity index (χ3n) is 3.82. The fraction of sp³-hybridized carbons (Fsp3) is 0.857. The van der Waals surface area contributed by atoms with Gasteiger partial charge in [-0.3, -0.25) is 9.69 Å². The maximum Gasteiger partial charge on any atom is 0.410 e. The lowest BCUT2D eigenvalue weighted by molar-refractivity contribution is -0.170. The smallest absolute Gasteiger partial charge is 0.410 e. The molecule has 0 aromatic rings. The van der Waals surface area contributed by atoms with Crippen molar-refractivity contribution in [1.29, 1.82) is 0 Å². The van der Waals surface area contributed by atoms with Crippen LogP contribution >= 0.6 is 0 Å². The molecule has 7 heteroatoms. The van der Waals surface area contributed by atoms with E-state index in [0.29, 0.717) is 39.4 Å². The largest absolute Gasteiger partial charge is 0.481 e. The Balaban J connectivity index is 1.88. The minimum Gasteiger partial charge on any atom is -0.481 e. The molecule has 7 nitrogen and oxygen atoms in total. The van der Waals surface area contributed by atoms with Gasteiger partial charge in [-0.2, -0.15) is 0 Å². The molecular weight excluding hydrogens is 276 g/mol. The van der Waals surface area contributed by atoms with E-state index in [9.17, 15) is 9.59 Å². The van der Waals surface area contributed by atoms with Crippen LogP contribution in [0.3, 0.4) is 0 Å². The standard InChI is InChI=1S/C14H24N2O5/c1-13(2,3)21-12(19)15-4-6-16(7-5-15)14(8-11(17)18)9-20-10-14/h4-10H2,1-3H3,(H,17,18). The molecule has 0 aliphatic carbocycles. The highest BCUT2D eigenvalue weighted by atomic mass is 16.6. The molecule has 0 aromatic heterocycles. The Labute approximate surface area is 124 Å². The normalized spacial score (nSPS) is 22.5. The Bertz CT molecular complexity index is 406. The molecule has 0 atom stereocenters. The summed E-state index contributed by atoms with van der Waals surface area (Å²) in [5, 5.41) is 9.05. The van der Waals surface area contributed by atoms with Crippen LogP contribution in [0.15, 0.2) is 0 Å². The van der Waals surface area contributed by atoms with Gasteiger partial charge < -0.3 is 19.5 Å². The van der Waals surface area contributed by atoms with Gasteiger partial charge in [0.2, 0.25) is 0 Å². The first kappa shape index (κ1) is 16.0. The second-order valence-corrected chi connectivity index (χ2v) is 6.74. The summed E-state index contributed by atoms with van der Waals surface area (Å²) >= 11 is 0. The molecule has 120 valence electrons. The molecule has 2 fully saturated rings. The summed E-state index contributed by atoms with van der Waals surface area (Å²) in [4.78, 5) is 26.8. The van der Waals surface area contributed by atoms with Crippen molar-refractivity contribution in [2.45, 2.75) is 38.3 Å². The lowest BCUT2D eigenvalue weighted by Crippen LogP contribution is -2.67. The van der Waals surface area contributed by atoms with Gasteiger partial charge in [0.1, 0.15) is 5.60 Å². The topological polar surface area (TPSA) is 79.3 Å². The average Bonchev–Trinajstić information content (AvgIpc) is 2.32. The van der Waals surface area contributed by atoms with Crippen molar-refractivity contribution in [2.24, 2.45) is 0 Å². The number of ether oxygens (including phenoxy) is 2. The predicted octanol–water partition coefficient (Wildman–Crippen LogP) is 0.783. The van der Waals surface area contributed by atoms with Gasteiger partial charge in [0, 0.05) is 26.2 Å². The molecule has 0 bridgehead atoms. The molecule has 1 amide bonds. The molecule has 2 saturated heterocycles. The molecular formula is C14H24N2O5. The molecule has 2 aliphatic rings. The van der Waals surface area contributed by atoms with E-state index < -0.39 is 17.1 Å². The predicted molar refractivity (Wildman–Crippen MR) is 75.2 cm³/mol. The van der Waals surface area contributed by atoms with Gasteiger partial charge in [-0.15, -0.1) is 0 Å². The number of carbonyl (C=O) groups excluding carboxylic acids is 1. The third-order valence-corrected chi connectivity index (χ3v) is 3.82. The number of aliphatic carboxylic acids is 1. The van der Waals surface area contributed by atoms with Crippen molar-refractivity contribution in [3.05, 3.63) is 0 Å². The Hall–Kier alpha value is -1.34. The van der Waals surface area contributed by atoms with Crippen molar-refractivity contribution in [2.75, 3.05) is 39.4 Å². The number of nitrogens with zero attached hydrogens (tertiary/aromatic N) is 2. The van der Waals surface area contributed by atoms with Crippen LogP contribution in [0.4, 0.5) is 4.79 Å². The van der Waals surface area contributed by atoms with Crippen molar-refractivity contribution in [1.82, 2.24) is 9.80 Å². The molecule has 0 aromatic carbocycles. The monoisotopic (exact) mass is 300 g/mol. The number of hydrogen-bond donors (Lipinski definition) is 1. The number of hydrogen-bond acceptors (Lipinski definition) is 5. The van der Waals surface area contributed by atoms with Gasteiger partial charge in [-0.1, -0.05) is 0 Å². The number of amides is 1. The van der Waals surface area contributed by atoms with E-state index in [1.54, 1.807) is 4.90 Å². The van der Waals surface area contributed by atoms with E-state index in [4.69, 9.17) is 14.6 Å². The van der Waals surface area contributed by atoms with Gasteiger partial charge in [0.15, 0.2) is 0 Å². The van der Waals surface area contributed by atoms with Gasteiger partial charge in [-0.05, 0) is 20.8 Å². The molecule has 2 aliphatic heterocycles. The van der Waals surface area contributed by atoms with E-state index in [1.807, 2.05) is 20.8 Å². The summed E-state index contributed by atoms with van der Waals surface area (Å²) in [5.74, 6) is -0.812. The first-order chi connectivity index (χ1) is 9.72. The van der Waals surface area contributed by atoms with Crippen LogP contribution in [0.5, 0.6) is 0 Å². The first-order valence-corrected chi connectivity index (χ1v) is 7.24. The molecule has 2 rings (SSSR count). The zero-order valence-electron chi connectivity index (χ0n) is 12.9. The maximum absolute atomic E-state index is 12.0. The van der Waals surface area contributed by atoms with Gasteiger partial charge in [0.05, 0.1) is 25.2 Å². The number of rotatable bonds is 3. The number of piperazine rings is 1. The zero-order chi connectivity index (χ0) is 15.7. The number of carboxylic acids is 1. The first-order valence-electron chi connectivity index (χ1n) is 7.24. The van der Waals surface area contributed by atoms with Crippen LogP contribution in [0.2, 0.25) is 0 Å². The van der Waals surface area contributed by atoms with E-state index in [2.05, 4.69) is 4.90 Å². The Morgan fingerprint density at radius 2 is 1.76 bits per heavy atom. The Kier molecular flexibility index (Phi) is 4.43. The number of carboxylic acid groups (broad SMARTS) is 1. The highest BCUT2D eigenvalue weighted by Gasteiger charge is 2.47. The lowest BCUT2D eigenvalue weighted by Gasteiger charge is -2.51. The Morgan fingerprint density at radius 3 is 2.14 bits per heavy atom. The summed E-state index contributed by atoms with van der Waals surface area (Å²) in [6, 6.07) is 0. The van der Waals surface area contributed by atoms with Crippen molar-refractivity contribution < 1.29 is 24.2 Å². The van der Waals surface area contributed by atoms with Crippen LogP contribution in [0.1, 0.15) is 27.2 Å². The van der Waals surface area contributed by atoms with Crippen LogP contribution in [0.25, 0.3) is 0 Å². The van der Waals surface area contributed by atoms with Gasteiger partial charge in [-0.25, -0.2) is 4.79 Å². The van der Waals surface area contributed by atoms with Gasteiger partial charge >= 0.3 is 12.1 Å². The van der Waals surface area contributed by atoms with E-state index in [0.717, 1.165) is 0 Å². The van der Waals surface area contributed by atoms with E-state index in [1.165, 1.54) is 0 Å². The van der Waals surface area contributed by atoms with Crippen molar-refractivity contribution >= 4 is 12.1 Å². The second kappa shape index (κ2) is 5.81. The third kappa shape index (κ3) is 3.85. The minimum absolute atomic E-state index is 0.0828. The van der Waals surface area contributed by atoms with Gasteiger partial charge in [0.25, 0.3) is 0 Å². The van der Waals surface area contributed by atoms with E-state index in [-0.39, 0.29) is 12.5 Å². The fourth-order valence-corrected chi connectivity index (χ4v) is 2.71. The van der Waals surface area contributed by atoms with Crippen LogP contribution < -0.4 is 0 Å². The lowest BCUT2D eigenvalue weighted by atomic mass is 9.90. The highest BCUT2D eigenvalue weighted by molar-refractivity contribution is 5.69. The van der Waals surface area contributed by atoms with E-state index >= 15 is 0 Å². The van der Waals surface area contributed by atoms with Crippen molar-refractivity contribution in [3.63, 3.8) is 0 Å². The zero-order valence-corrected chi connectivity index (χ0v) is 12.9. The van der Waals surface area contributed by atoms with Crippen molar-refractivity contribution in [3.8, 4) is 0 Å². The second-order valence-electron chi connectivity index (χ2n) is 6.74. The van der Waals surface area contributed by atoms with Crippen LogP contribution in [-0.2, 0) is 14.3 Å². The maximum atomic E-state index is 12.0. The molecule has 0 saturated carbocycles. The molecule has 0 radical (unpaired) electrons. The molecule has 0 unspecified atom stereocenters. The minimum atomic E-state index is -0.812. The Morgan fingerprint density at radius 1 is 1.19 bits per heavy atom. The molecule has 1 N–H and O–H groups in total. The average molecular weight is 300 g/mol. The summed E-state index contributed by atoms with van der Waals surface area (Å²) in [5.41, 5.74) is -0.896.